The number of hydrogen-bond donors (Lipinski definition) is 1. The summed E-state index contributed by atoms with van der Waals surface area (Å²) in [6.07, 6.45) is 11.5. The summed E-state index contributed by atoms with van der Waals surface area (Å²) in [6, 6.07) is 0. The van der Waals surface area contributed by atoms with Gasteiger partial charge in [0.2, 0.25) is 0 Å². The van der Waals surface area contributed by atoms with Crippen molar-refractivity contribution in [1.82, 2.24) is 0 Å². The van der Waals surface area contributed by atoms with Gasteiger partial charge in [-0.2, -0.15) is 8.42 Å². The molecular formula is C23H48O6S. The average Bonchev–Trinajstić information content (AvgIpc) is 2.67. The molecule has 2 unspecified atom stereocenters. The maximum Gasteiger partial charge on any atom is 0.284 e. The van der Waals surface area contributed by atoms with Crippen LogP contribution >= 0.6 is 0 Å². The minimum atomic E-state index is -4.28. The fraction of sp³-hybridized carbons (Fsp3) is 1.00. The average molecular weight is 453 g/mol. The van der Waals surface area contributed by atoms with Gasteiger partial charge >= 0.3 is 0 Å². The van der Waals surface area contributed by atoms with Gasteiger partial charge in [-0.25, -0.2) is 0 Å². The zero-order valence-corrected chi connectivity index (χ0v) is 21.0. The van der Waals surface area contributed by atoms with Crippen LogP contribution in [0.1, 0.15) is 112 Å². The topological polar surface area (TPSA) is 82.1 Å². The number of ether oxygens (including phenoxy) is 3. The summed E-state index contributed by atoms with van der Waals surface area (Å²) < 4.78 is 52.4. The third-order valence-corrected chi connectivity index (χ3v) is 6.88. The molecule has 0 amide bonds. The van der Waals surface area contributed by atoms with Crippen molar-refractivity contribution in [2.45, 2.75) is 123 Å². The second kappa shape index (κ2) is 17.4. The van der Waals surface area contributed by atoms with Crippen LogP contribution in [0, 0.1) is 5.92 Å². The standard InChI is InChI=1S/C23H48O6S/c1-6-11-13-14-15-17-19-21(18-16-12-7-2)22(30(24,25)26)20-23(27-8-3,28-9-4)29-10-5/h21-22H,6-20H2,1-5H3,(H,24,25,26). The van der Waals surface area contributed by atoms with Gasteiger partial charge in [-0.1, -0.05) is 71.6 Å². The minimum Gasteiger partial charge on any atom is -0.328 e. The predicted molar refractivity (Wildman–Crippen MR) is 123 cm³/mol. The van der Waals surface area contributed by atoms with Gasteiger partial charge in [-0.05, 0) is 39.5 Å². The van der Waals surface area contributed by atoms with E-state index < -0.39 is 21.3 Å². The van der Waals surface area contributed by atoms with Crippen LogP contribution in [0.25, 0.3) is 0 Å². The van der Waals surface area contributed by atoms with Crippen LogP contribution in [0.2, 0.25) is 0 Å². The van der Waals surface area contributed by atoms with Crippen molar-refractivity contribution in [3.05, 3.63) is 0 Å². The fourth-order valence-corrected chi connectivity index (χ4v) is 5.26. The summed E-state index contributed by atoms with van der Waals surface area (Å²) in [5.74, 6) is -1.58. The van der Waals surface area contributed by atoms with Gasteiger partial charge in [0.15, 0.2) is 0 Å². The van der Waals surface area contributed by atoms with Gasteiger partial charge in [-0.3, -0.25) is 4.55 Å². The molecule has 1 N–H and O–H groups in total. The first-order valence-corrected chi connectivity index (χ1v) is 13.7. The van der Waals surface area contributed by atoms with E-state index in [0.717, 1.165) is 44.9 Å². The lowest BCUT2D eigenvalue weighted by Crippen LogP contribution is -2.46. The zero-order chi connectivity index (χ0) is 22.9. The molecule has 0 aromatic heterocycles. The molecule has 0 spiro atoms. The molecule has 30 heavy (non-hydrogen) atoms. The lowest BCUT2D eigenvalue weighted by Gasteiger charge is -2.36. The van der Waals surface area contributed by atoms with Crippen molar-refractivity contribution in [2.75, 3.05) is 19.8 Å². The summed E-state index contributed by atoms with van der Waals surface area (Å²) in [7, 11) is -4.28. The Hall–Kier alpha value is -0.210. The highest BCUT2D eigenvalue weighted by Crippen LogP contribution is 2.33. The first-order chi connectivity index (χ1) is 14.3. The maximum atomic E-state index is 12.5. The normalized spacial score (nSPS) is 14.7. The summed E-state index contributed by atoms with van der Waals surface area (Å²) in [4.78, 5) is 0. The van der Waals surface area contributed by atoms with E-state index in [1.807, 2.05) is 20.8 Å². The van der Waals surface area contributed by atoms with Crippen LogP contribution in [0.5, 0.6) is 0 Å². The lowest BCUT2D eigenvalue weighted by atomic mass is 9.89. The van der Waals surface area contributed by atoms with Crippen molar-refractivity contribution in [2.24, 2.45) is 5.92 Å². The molecule has 7 heteroatoms. The second-order valence-electron chi connectivity index (χ2n) is 8.05. The molecule has 182 valence electrons. The van der Waals surface area contributed by atoms with Crippen LogP contribution in [-0.2, 0) is 24.3 Å². The van der Waals surface area contributed by atoms with Crippen LogP contribution in [0.4, 0.5) is 0 Å². The summed E-state index contributed by atoms with van der Waals surface area (Å²) in [5, 5.41) is -0.963. The van der Waals surface area contributed by atoms with E-state index in [4.69, 9.17) is 14.2 Å². The van der Waals surface area contributed by atoms with E-state index in [9.17, 15) is 13.0 Å². The third-order valence-electron chi connectivity index (χ3n) is 5.56. The van der Waals surface area contributed by atoms with Crippen molar-refractivity contribution < 1.29 is 27.2 Å². The molecule has 0 fully saturated rings. The van der Waals surface area contributed by atoms with E-state index in [1.165, 1.54) is 25.7 Å². The molecule has 0 bridgehead atoms. The lowest BCUT2D eigenvalue weighted by molar-refractivity contribution is -0.380. The number of unbranched alkanes of at least 4 members (excludes halogenated alkanes) is 7. The van der Waals surface area contributed by atoms with Crippen LogP contribution < -0.4 is 0 Å². The predicted octanol–water partition coefficient (Wildman–Crippen LogP) is 6.34. The van der Waals surface area contributed by atoms with E-state index in [0.29, 0.717) is 19.8 Å². The van der Waals surface area contributed by atoms with E-state index in [2.05, 4.69) is 13.8 Å². The molecular weight excluding hydrogens is 404 g/mol. The molecule has 0 saturated carbocycles. The molecule has 0 aliphatic carbocycles. The highest BCUT2D eigenvalue weighted by atomic mass is 32.2. The Morgan fingerprint density at radius 3 is 1.53 bits per heavy atom. The van der Waals surface area contributed by atoms with Gasteiger partial charge in [0.05, 0.1) is 5.25 Å². The molecule has 0 radical (unpaired) electrons. The Bertz CT molecular complexity index is 477. The summed E-state index contributed by atoms with van der Waals surface area (Å²) >= 11 is 0. The largest absolute Gasteiger partial charge is 0.328 e. The zero-order valence-electron chi connectivity index (χ0n) is 20.2. The number of rotatable bonds is 21. The Balaban J connectivity index is 5.46. The number of hydrogen-bond acceptors (Lipinski definition) is 5. The van der Waals surface area contributed by atoms with Crippen molar-refractivity contribution in [3.8, 4) is 0 Å². The summed E-state index contributed by atoms with van der Waals surface area (Å²) in [5.41, 5.74) is 0. The van der Waals surface area contributed by atoms with Crippen molar-refractivity contribution in [1.29, 1.82) is 0 Å². The molecule has 0 aromatic rings. The monoisotopic (exact) mass is 452 g/mol. The maximum absolute atomic E-state index is 12.5. The van der Waals surface area contributed by atoms with Gasteiger partial charge < -0.3 is 14.2 Å². The Morgan fingerprint density at radius 1 is 0.700 bits per heavy atom. The van der Waals surface area contributed by atoms with E-state index in [1.54, 1.807) is 0 Å². The Morgan fingerprint density at radius 2 is 1.10 bits per heavy atom. The minimum absolute atomic E-state index is 0.0199. The molecule has 0 aromatic carbocycles. The molecule has 2 atom stereocenters. The van der Waals surface area contributed by atoms with Gasteiger partial charge in [-0.15, -0.1) is 0 Å². The van der Waals surface area contributed by atoms with Crippen LogP contribution in [-0.4, -0.2) is 44.0 Å². The van der Waals surface area contributed by atoms with Crippen molar-refractivity contribution >= 4 is 10.1 Å². The first kappa shape index (κ1) is 29.8. The van der Waals surface area contributed by atoms with Gasteiger partial charge in [0.25, 0.3) is 16.1 Å². The fourth-order valence-electron chi connectivity index (χ4n) is 4.08. The van der Waals surface area contributed by atoms with E-state index >= 15 is 0 Å². The van der Waals surface area contributed by atoms with Gasteiger partial charge in [0.1, 0.15) is 0 Å². The molecule has 0 saturated heterocycles. The SMILES string of the molecule is CCCCCCCCC(CCCCC)C(CC(OCC)(OCC)OCC)S(=O)(=O)O. The van der Waals surface area contributed by atoms with E-state index in [-0.39, 0.29) is 12.3 Å². The highest BCUT2D eigenvalue weighted by molar-refractivity contribution is 7.86. The molecule has 6 nitrogen and oxygen atoms in total. The van der Waals surface area contributed by atoms with Crippen LogP contribution in [0.15, 0.2) is 0 Å². The smallest absolute Gasteiger partial charge is 0.284 e. The molecule has 0 aliphatic rings. The third kappa shape index (κ3) is 12.6. The van der Waals surface area contributed by atoms with Crippen LogP contribution in [0.3, 0.4) is 0 Å². The Labute approximate surface area is 186 Å². The van der Waals surface area contributed by atoms with Crippen molar-refractivity contribution in [3.63, 3.8) is 0 Å². The highest BCUT2D eigenvalue weighted by Gasteiger charge is 2.43. The van der Waals surface area contributed by atoms with Gasteiger partial charge in [0, 0.05) is 26.2 Å². The molecule has 0 aliphatic heterocycles. The Kier molecular flexibility index (Phi) is 17.2. The summed E-state index contributed by atoms with van der Waals surface area (Å²) in [6.45, 7) is 10.8. The molecule has 0 heterocycles. The molecule has 0 rings (SSSR count). The second-order valence-corrected chi connectivity index (χ2v) is 9.69. The quantitative estimate of drug-likeness (QED) is 0.124. The first-order valence-electron chi connectivity index (χ1n) is 12.2.